The van der Waals surface area contributed by atoms with Gasteiger partial charge in [0.1, 0.15) is 0 Å². The molecule has 1 aromatic rings. The molecule has 0 N–H and O–H groups in total. The van der Waals surface area contributed by atoms with Gasteiger partial charge in [0.25, 0.3) is 0 Å². The Morgan fingerprint density at radius 3 is 2.75 bits per heavy atom. The van der Waals surface area contributed by atoms with Gasteiger partial charge in [0, 0.05) is 6.26 Å². The number of hydrogen-bond donors (Lipinski definition) is 0. The second-order valence-electron chi connectivity index (χ2n) is 1.22. The van der Waals surface area contributed by atoms with E-state index in [1.54, 1.807) is 6.92 Å². The predicted molar refractivity (Wildman–Crippen MR) is 30.9 cm³/mol. The first-order valence-electron chi connectivity index (χ1n) is 2.02. The van der Waals surface area contributed by atoms with Crippen LogP contribution in [0.2, 0.25) is 0 Å². The summed E-state index contributed by atoms with van der Waals surface area (Å²) in [7, 11) is 0. The van der Waals surface area contributed by atoms with E-state index in [9.17, 15) is 0 Å². The maximum absolute atomic E-state index is 3.82. The van der Waals surface area contributed by atoms with Crippen molar-refractivity contribution in [2.24, 2.45) is 0 Å². The first-order valence-corrected chi connectivity index (χ1v) is 2.96. The van der Waals surface area contributed by atoms with E-state index in [0.29, 0.717) is 5.82 Å². The highest BCUT2D eigenvalue weighted by Crippen LogP contribution is 1.94. The zero-order chi connectivity index (χ0) is 5.98. The topological polar surface area (TPSA) is 43.6 Å². The van der Waals surface area contributed by atoms with Gasteiger partial charge in [0.15, 0.2) is 5.82 Å². The Hall–Kier alpha value is -0.580. The molecule has 0 saturated carbocycles. The molecule has 0 fully saturated rings. The van der Waals surface area contributed by atoms with Gasteiger partial charge < -0.3 is 0 Å². The van der Waals surface area contributed by atoms with Crippen molar-refractivity contribution in [3.63, 3.8) is 0 Å². The SMILES string of the molecule is [CH2]Sn1nnc(C)n1. The van der Waals surface area contributed by atoms with Gasteiger partial charge in [0.05, 0.1) is 0 Å². The average Bonchev–Trinajstić information content (AvgIpc) is 2.14. The number of aryl methyl sites for hydroxylation is 1. The summed E-state index contributed by atoms with van der Waals surface area (Å²) in [5.41, 5.74) is 0. The van der Waals surface area contributed by atoms with E-state index < -0.39 is 0 Å². The van der Waals surface area contributed by atoms with Gasteiger partial charge in [-0.1, -0.05) is 0 Å². The molecule has 43 valence electrons. The molecule has 5 heteroatoms. The van der Waals surface area contributed by atoms with Gasteiger partial charge in [0.2, 0.25) is 0 Å². The van der Waals surface area contributed by atoms with Crippen LogP contribution in [0.25, 0.3) is 0 Å². The summed E-state index contributed by atoms with van der Waals surface area (Å²) in [4.78, 5) is 0. The summed E-state index contributed by atoms with van der Waals surface area (Å²) in [6.45, 7) is 1.78. The lowest BCUT2D eigenvalue weighted by molar-refractivity contribution is 0.820. The zero-order valence-electron chi connectivity index (χ0n) is 4.40. The minimum atomic E-state index is 0.668. The lowest BCUT2D eigenvalue weighted by Crippen LogP contribution is -1.87. The van der Waals surface area contributed by atoms with Crippen LogP contribution in [0.15, 0.2) is 0 Å². The number of tetrazole rings is 1. The molecule has 8 heavy (non-hydrogen) atoms. The molecule has 0 aliphatic heterocycles. The Morgan fingerprint density at radius 2 is 2.50 bits per heavy atom. The fourth-order valence-corrected chi connectivity index (χ4v) is 0.586. The molecule has 1 radical (unpaired) electrons. The van der Waals surface area contributed by atoms with Crippen LogP contribution in [0.1, 0.15) is 5.82 Å². The molecule has 0 unspecified atom stereocenters. The third kappa shape index (κ3) is 0.975. The van der Waals surface area contributed by atoms with Crippen LogP contribution in [0.4, 0.5) is 0 Å². The van der Waals surface area contributed by atoms with E-state index in [0.717, 1.165) is 0 Å². The maximum atomic E-state index is 3.82. The van der Waals surface area contributed by atoms with Gasteiger partial charge in [-0.25, -0.2) is 0 Å². The summed E-state index contributed by atoms with van der Waals surface area (Å²) in [5, 5.41) is 11.0. The van der Waals surface area contributed by atoms with Crippen molar-refractivity contribution < 1.29 is 0 Å². The minimum absolute atomic E-state index is 0.668. The second-order valence-corrected chi connectivity index (χ2v) is 1.80. The van der Waals surface area contributed by atoms with Gasteiger partial charge in [-0.2, -0.15) is 0 Å². The third-order valence-corrected chi connectivity index (χ3v) is 0.997. The molecule has 1 aromatic heterocycles. The summed E-state index contributed by atoms with van der Waals surface area (Å²) in [6.07, 6.45) is 3.48. The molecule has 0 aliphatic rings. The quantitative estimate of drug-likeness (QED) is 0.546. The standard InChI is InChI=1S/C3H5N4S/c1-3-4-6-7(5-3)8-2/h2H2,1H3. The van der Waals surface area contributed by atoms with E-state index in [1.165, 1.54) is 16.1 Å². The lowest BCUT2D eigenvalue weighted by Gasteiger charge is -1.81. The summed E-state index contributed by atoms with van der Waals surface area (Å²) in [6, 6.07) is 0. The molecule has 0 saturated heterocycles. The molecular weight excluding hydrogens is 124 g/mol. The molecule has 1 heterocycles. The van der Waals surface area contributed by atoms with Crippen molar-refractivity contribution in [3.05, 3.63) is 12.1 Å². The summed E-state index contributed by atoms with van der Waals surface area (Å²) in [5.74, 6) is 0.668. The van der Waals surface area contributed by atoms with E-state index in [-0.39, 0.29) is 0 Å². The summed E-state index contributed by atoms with van der Waals surface area (Å²) < 4.78 is 1.36. The van der Waals surface area contributed by atoms with E-state index in [1.807, 2.05) is 0 Å². The monoisotopic (exact) mass is 129 g/mol. The largest absolute Gasteiger partial charge is 0.172 e. The highest BCUT2D eigenvalue weighted by atomic mass is 32.2. The van der Waals surface area contributed by atoms with Crippen molar-refractivity contribution in [1.29, 1.82) is 0 Å². The first kappa shape index (κ1) is 5.55. The molecule has 0 amide bonds. The van der Waals surface area contributed by atoms with Gasteiger partial charge in [-0.05, 0) is 24.1 Å². The Morgan fingerprint density at radius 1 is 1.75 bits per heavy atom. The molecule has 0 spiro atoms. The molecular formula is C3H5N4S. The number of hydrogen-bond acceptors (Lipinski definition) is 4. The highest BCUT2D eigenvalue weighted by Gasteiger charge is 1.90. The minimum Gasteiger partial charge on any atom is -0.125 e. The third-order valence-electron chi connectivity index (χ3n) is 0.612. The van der Waals surface area contributed by atoms with E-state index >= 15 is 0 Å². The fourth-order valence-electron chi connectivity index (χ4n) is 0.321. The Bertz CT molecular complexity index is 172. The number of aromatic nitrogens is 4. The van der Waals surface area contributed by atoms with Crippen molar-refractivity contribution in [1.82, 2.24) is 19.6 Å². The van der Waals surface area contributed by atoms with Crippen LogP contribution in [0, 0.1) is 13.2 Å². The number of rotatable bonds is 1. The fraction of sp³-hybridized carbons (Fsp3) is 0.333. The van der Waals surface area contributed by atoms with E-state index in [2.05, 4.69) is 21.7 Å². The van der Waals surface area contributed by atoms with Gasteiger partial charge in [-0.3, -0.25) is 0 Å². The molecule has 0 aromatic carbocycles. The Balaban J connectivity index is 2.84. The summed E-state index contributed by atoms with van der Waals surface area (Å²) >= 11 is 1.17. The Labute approximate surface area is 51.4 Å². The molecule has 1 rings (SSSR count). The van der Waals surface area contributed by atoms with Crippen molar-refractivity contribution in [2.75, 3.05) is 0 Å². The smallest absolute Gasteiger partial charge is 0.125 e. The van der Waals surface area contributed by atoms with Crippen LogP contribution in [-0.2, 0) is 0 Å². The van der Waals surface area contributed by atoms with Crippen LogP contribution in [0.3, 0.4) is 0 Å². The lowest BCUT2D eigenvalue weighted by atomic mass is 10.8. The molecule has 0 atom stereocenters. The van der Waals surface area contributed by atoms with Gasteiger partial charge in [-0.15, -0.1) is 14.4 Å². The first-order chi connectivity index (χ1) is 3.83. The van der Waals surface area contributed by atoms with Crippen LogP contribution in [0.5, 0.6) is 0 Å². The van der Waals surface area contributed by atoms with Crippen molar-refractivity contribution >= 4 is 11.9 Å². The predicted octanol–water partition coefficient (Wildman–Crippen LogP) is 0.269. The number of nitrogens with zero attached hydrogens (tertiary/aromatic N) is 4. The Kier molecular flexibility index (Phi) is 1.48. The van der Waals surface area contributed by atoms with Crippen LogP contribution in [-0.4, -0.2) is 19.6 Å². The second kappa shape index (κ2) is 2.13. The van der Waals surface area contributed by atoms with Crippen molar-refractivity contribution in [2.45, 2.75) is 6.92 Å². The highest BCUT2D eigenvalue weighted by molar-refractivity contribution is 7.98. The maximum Gasteiger partial charge on any atom is 0.172 e. The normalized spacial score (nSPS) is 9.75. The molecule has 0 bridgehead atoms. The zero-order valence-corrected chi connectivity index (χ0v) is 5.22. The van der Waals surface area contributed by atoms with Crippen LogP contribution < -0.4 is 0 Å². The van der Waals surface area contributed by atoms with E-state index in [4.69, 9.17) is 0 Å². The molecule has 4 nitrogen and oxygen atoms in total. The van der Waals surface area contributed by atoms with Crippen molar-refractivity contribution in [3.8, 4) is 0 Å². The van der Waals surface area contributed by atoms with Gasteiger partial charge >= 0.3 is 0 Å². The van der Waals surface area contributed by atoms with Crippen LogP contribution >= 0.6 is 11.9 Å². The molecule has 0 aliphatic carbocycles. The average molecular weight is 129 g/mol.